The molecule has 0 fully saturated rings. The van der Waals surface area contributed by atoms with Crippen molar-refractivity contribution >= 4 is 17.7 Å². The molecule has 6 heteroatoms. The van der Waals surface area contributed by atoms with Crippen LogP contribution in [0, 0.1) is 5.82 Å². The van der Waals surface area contributed by atoms with E-state index < -0.39 is 24.6 Å². The van der Waals surface area contributed by atoms with Gasteiger partial charge in [-0.1, -0.05) is 54.1 Å². The Morgan fingerprint density at radius 3 is 2.64 bits per heavy atom. The molecule has 116 valence electrons. The number of carbonyl (C=O) groups is 1. The van der Waals surface area contributed by atoms with Gasteiger partial charge in [-0.2, -0.15) is 0 Å². The van der Waals surface area contributed by atoms with Gasteiger partial charge in [0.1, 0.15) is 12.4 Å². The van der Waals surface area contributed by atoms with Crippen molar-refractivity contribution in [3.05, 3.63) is 70.5 Å². The molecule has 22 heavy (non-hydrogen) atoms. The molecule has 0 bridgehead atoms. The van der Waals surface area contributed by atoms with Crippen molar-refractivity contribution in [3.63, 3.8) is 0 Å². The molecule has 0 aromatic heterocycles. The number of amides is 1. The van der Waals surface area contributed by atoms with Crippen LogP contribution < -0.4 is 5.32 Å². The number of hydrogen-bond donors (Lipinski definition) is 2. The van der Waals surface area contributed by atoms with E-state index in [2.05, 4.69) is 5.32 Å². The van der Waals surface area contributed by atoms with E-state index in [1.54, 1.807) is 6.07 Å². The van der Waals surface area contributed by atoms with Crippen molar-refractivity contribution < 1.29 is 19.0 Å². The highest BCUT2D eigenvalue weighted by Gasteiger charge is 2.19. The first kappa shape index (κ1) is 16.3. The Bertz CT molecular complexity index is 637. The Morgan fingerprint density at radius 2 is 1.95 bits per heavy atom. The Balaban J connectivity index is 1.98. The molecule has 4 nitrogen and oxygen atoms in total. The lowest BCUT2D eigenvalue weighted by Crippen LogP contribution is -2.31. The number of alkyl carbamates (subject to hydrolysis) is 1. The summed E-state index contributed by atoms with van der Waals surface area (Å²) >= 11 is 5.69. The molecule has 2 N–H and O–H groups in total. The van der Waals surface area contributed by atoms with Gasteiger partial charge in [0.2, 0.25) is 0 Å². The maximum atomic E-state index is 13.9. The molecule has 0 spiro atoms. The fourth-order valence-electron chi connectivity index (χ4n) is 1.92. The predicted molar refractivity (Wildman–Crippen MR) is 81.0 cm³/mol. The van der Waals surface area contributed by atoms with Gasteiger partial charge in [0.25, 0.3) is 0 Å². The van der Waals surface area contributed by atoms with E-state index in [1.807, 2.05) is 30.3 Å². The molecular formula is C16H15ClFNO3. The zero-order chi connectivity index (χ0) is 15.9. The van der Waals surface area contributed by atoms with Crippen LogP contribution in [0.4, 0.5) is 9.18 Å². The number of ether oxygens (including phenoxy) is 1. The lowest BCUT2D eigenvalue weighted by molar-refractivity contribution is 0.129. The molecule has 1 amide bonds. The lowest BCUT2D eigenvalue weighted by atomic mass is 10.1. The highest BCUT2D eigenvalue weighted by atomic mass is 35.5. The highest BCUT2D eigenvalue weighted by Crippen LogP contribution is 2.23. The topological polar surface area (TPSA) is 58.6 Å². The van der Waals surface area contributed by atoms with Gasteiger partial charge < -0.3 is 15.2 Å². The second kappa shape index (κ2) is 7.77. The molecule has 0 aliphatic rings. The Kier molecular flexibility index (Phi) is 5.75. The summed E-state index contributed by atoms with van der Waals surface area (Å²) < 4.78 is 18.9. The molecule has 2 aromatic carbocycles. The Labute approximate surface area is 132 Å². The maximum Gasteiger partial charge on any atom is 0.408 e. The van der Waals surface area contributed by atoms with E-state index in [9.17, 15) is 14.3 Å². The number of hydrogen-bond acceptors (Lipinski definition) is 3. The monoisotopic (exact) mass is 323 g/mol. The third-order valence-electron chi connectivity index (χ3n) is 3.04. The number of benzene rings is 2. The molecular weight excluding hydrogens is 309 g/mol. The standard InChI is InChI=1S/C16H15ClFNO3/c17-13-8-4-7-12(15(13)18)14(9-20)19-16(21)22-10-11-5-2-1-3-6-11/h1-8,14,20H,9-10H2,(H,19,21). The molecule has 0 aliphatic heterocycles. The molecule has 1 unspecified atom stereocenters. The van der Waals surface area contributed by atoms with Gasteiger partial charge in [-0.05, 0) is 11.6 Å². The molecule has 2 rings (SSSR count). The number of aliphatic hydroxyl groups excluding tert-OH is 1. The summed E-state index contributed by atoms with van der Waals surface area (Å²) in [5, 5.41) is 11.7. The second-order valence-corrected chi connectivity index (χ2v) is 4.99. The van der Waals surface area contributed by atoms with Crippen LogP contribution in [0.3, 0.4) is 0 Å². The van der Waals surface area contributed by atoms with Crippen LogP contribution >= 0.6 is 11.6 Å². The van der Waals surface area contributed by atoms with E-state index in [1.165, 1.54) is 12.1 Å². The predicted octanol–water partition coefficient (Wildman–Crippen LogP) is 3.44. The van der Waals surface area contributed by atoms with E-state index in [4.69, 9.17) is 16.3 Å². The largest absolute Gasteiger partial charge is 0.445 e. The van der Waals surface area contributed by atoms with Crippen molar-refractivity contribution in [1.29, 1.82) is 0 Å². The molecule has 1 atom stereocenters. The minimum absolute atomic E-state index is 0.0737. The summed E-state index contributed by atoms with van der Waals surface area (Å²) in [5.74, 6) is -0.674. The van der Waals surface area contributed by atoms with Crippen LogP contribution in [0.2, 0.25) is 5.02 Å². The first-order valence-corrected chi connectivity index (χ1v) is 7.01. The van der Waals surface area contributed by atoms with Crippen LogP contribution in [-0.4, -0.2) is 17.8 Å². The van der Waals surface area contributed by atoms with Gasteiger partial charge in [0.15, 0.2) is 0 Å². The smallest absolute Gasteiger partial charge is 0.408 e. The summed E-state index contributed by atoms with van der Waals surface area (Å²) in [6, 6.07) is 12.6. The normalized spacial score (nSPS) is 11.8. The summed E-state index contributed by atoms with van der Waals surface area (Å²) in [5.41, 5.74) is 0.929. The van der Waals surface area contributed by atoms with Crippen molar-refractivity contribution in [1.82, 2.24) is 5.32 Å². The minimum Gasteiger partial charge on any atom is -0.445 e. The number of carbonyl (C=O) groups excluding carboxylic acids is 1. The third kappa shape index (κ3) is 4.19. The first-order chi connectivity index (χ1) is 10.6. The van der Waals surface area contributed by atoms with Crippen LogP contribution in [-0.2, 0) is 11.3 Å². The number of rotatable bonds is 5. The maximum absolute atomic E-state index is 13.9. The molecule has 0 heterocycles. The number of aliphatic hydroxyl groups is 1. The van der Waals surface area contributed by atoms with Gasteiger partial charge >= 0.3 is 6.09 Å². The van der Waals surface area contributed by atoms with Gasteiger partial charge in [-0.15, -0.1) is 0 Å². The Morgan fingerprint density at radius 1 is 1.23 bits per heavy atom. The lowest BCUT2D eigenvalue weighted by Gasteiger charge is -2.17. The van der Waals surface area contributed by atoms with Crippen LogP contribution in [0.15, 0.2) is 48.5 Å². The number of nitrogens with one attached hydrogen (secondary N) is 1. The van der Waals surface area contributed by atoms with E-state index in [0.717, 1.165) is 5.56 Å². The molecule has 0 saturated carbocycles. The zero-order valence-electron chi connectivity index (χ0n) is 11.6. The molecule has 0 radical (unpaired) electrons. The van der Waals surface area contributed by atoms with Crippen LogP contribution in [0.5, 0.6) is 0 Å². The van der Waals surface area contributed by atoms with Crippen LogP contribution in [0.1, 0.15) is 17.2 Å². The van der Waals surface area contributed by atoms with Crippen molar-refractivity contribution in [3.8, 4) is 0 Å². The van der Waals surface area contributed by atoms with E-state index in [0.29, 0.717) is 0 Å². The first-order valence-electron chi connectivity index (χ1n) is 6.63. The summed E-state index contributed by atoms with van der Waals surface area (Å²) in [6.45, 7) is -0.388. The van der Waals surface area contributed by atoms with Gasteiger partial charge in [-0.25, -0.2) is 9.18 Å². The van der Waals surface area contributed by atoms with E-state index >= 15 is 0 Å². The average Bonchev–Trinajstić information content (AvgIpc) is 2.54. The Hall–Kier alpha value is -2.11. The van der Waals surface area contributed by atoms with Gasteiger partial charge in [-0.3, -0.25) is 0 Å². The number of halogens is 2. The van der Waals surface area contributed by atoms with Gasteiger partial charge in [0, 0.05) is 5.56 Å². The summed E-state index contributed by atoms with van der Waals surface area (Å²) in [6.07, 6.45) is -0.748. The SMILES string of the molecule is O=C(NC(CO)c1cccc(Cl)c1F)OCc1ccccc1. The third-order valence-corrected chi connectivity index (χ3v) is 3.34. The van der Waals surface area contributed by atoms with Crippen molar-refractivity contribution in [2.75, 3.05) is 6.61 Å². The quantitative estimate of drug-likeness (QED) is 0.886. The van der Waals surface area contributed by atoms with Crippen LogP contribution in [0.25, 0.3) is 0 Å². The summed E-state index contributed by atoms with van der Waals surface area (Å²) in [7, 11) is 0. The fourth-order valence-corrected chi connectivity index (χ4v) is 2.10. The van der Waals surface area contributed by atoms with Crippen molar-refractivity contribution in [2.45, 2.75) is 12.6 Å². The highest BCUT2D eigenvalue weighted by molar-refractivity contribution is 6.30. The molecule has 0 saturated heterocycles. The fraction of sp³-hybridized carbons (Fsp3) is 0.188. The van der Waals surface area contributed by atoms with Gasteiger partial charge in [0.05, 0.1) is 17.7 Å². The molecule has 0 aliphatic carbocycles. The van der Waals surface area contributed by atoms with Crippen molar-refractivity contribution in [2.24, 2.45) is 0 Å². The summed E-state index contributed by atoms with van der Waals surface area (Å²) in [4.78, 5) is 11.8. The second-order valence-electron chi connectivity index (χ2n) is 4.58. The van der Waals surface area contributed by atoms with E-state index in [-0.39, 0.29) is 17.2 Å². The average molecular weight is 324 g/mol. The zero-order valence-corrected chi connectivity index (χ0v) is 12.4. The minimum atomic E-state index is -0.929. The molecule has 2 aromatic rings.